The summed E-state index contributed by atoms with van der Waals surface area (Å²) < 4.78 is 1.23. The molecule has 2 aliphatic heterocycles. The Bertz CT molecular complexity index is 995. The Hall–Kier alpha value is -2.03. The van der Waals surface area contributed by atoms with E-state index in [-0.39, 0.29) is 17.4 Å². The molecule has 2 atom stereocenters. The van der Waals surface area contributed by atoms with Crippen LogP contribution in [0.5, 0.6) is 0 Å². The number of nitrogens with zero attached hydrogens (tertiary/aromatic N) is 4. The number of nitrogens with one attached hydrogen (secondary N) is 1. The largest absolute Gasteiger partial charge is 0.326 e. The number of piperazine rings is 1. The molecule has 3 aliphatic rings. The standard InChI is InChI=1S/C24H33N5O2S/c1-17-12-23(2,3)15-24(13-17)21(30)29(22(31)26-24)16-28-10-8-27(9-11-28)14-20-25-18-6-4-5-7-19(18)32-20/h4-7,17H,8-16H2,1-3H3,(H,26,31)/t17-,24+/m0/s1. The van der Waals surface area contributed by atoms with E-state index in [9.17, 15) is 9.59 Å². The molecule has 1 N–H and O–H groups in total. The fourth-order valence-electron chi connectivity index (χ4n) is 6.10. The molecule has 1 spiro atoms. The molecule has 1 aromatic heterocycles. The molecule has 7 nitrogen and oxygen atoms in total. The van der Waals surface area contributed by atoms with Crippen LogP contribution >= 0.6 is 11.3 Å². The van der Waals surface area contributed by atoms with Gasteiger partial charge < -0.3 is 5.32 Å². The maximum absolute atomic E-state index is 13.4. The Kier molecular flexibility index (Phi) is 5.50. The summed E-state index contributed by atoms with van der Waals surface area (Å²) in [5, 5.41) is 4.24. The third kappa shape index (κ3) is 4.16. The van der Waals surface area contributed by atoms with Gasteiger partial charge in [0.15, 0.2) is 0 Å². The molecule has 5 rings (SSSR count). The second-order valence-corrected chi connectivity index (χ2v) is 11.8. The van der Waals surface area contributed by atoms with Crippen LogP contribution in [0.3, 0.4) is 0 Å². The van der Waals surface area contributed by atoms with E-state index in [1.807, 2.05) is 6.07 Å². The second-order valence-electron chi connectivity index (χ2n) is 10.7. The zero-order valence-electron chi connectivity index (χ0n) is 19.3. The highest BCUT2D eigenvalue weighted by atomic mass is 32.1. The maximum atomic E-state index is 13.4. The summed E-state index contributed by atoms with van der Waals surface area (Å²) in [6.07, 6.45) is 2.56. The number of para-hydroxylation sites is 1. The Labute approximate surface area is 193 Å². The number of imide groups is 1. The first kappa shape index (κ1) is 21.8. The molecule has 1 saturated carbocycles. The molecule has 0 unspecified atom stereocenters. The van der Waals surface area contributed by atoms with Crippen LogP contribution in [0, 0.1) is 11.3 Å². The van der Waals surface area contributed by atoms with Crippen molar-refractivity contribution in [1.82, 2.24) is 25.0 Å². The maximum Gasteiger partial charge on any atom is 0.326 e. The van der Waals surface area contributed by atoms with Gasteiger partial charge in [-0.3, -0.25) is 14.6 Å². The predicted octanol–water partition coefficient (Wildman–Crippen LogP) is 3.51. The van der Waals surface area contributed by atoms with E-state index >= 15 is 0 Å². The highest BCUT2D eigenvalue weighted by molar-refractivity contribution is 7.18. The highest BCUT2D eigenvalue weighted by Gasteiger charge is 2.56. The summed E-state index contributed by atoms with van der Waals surface area (Å²) in [6.45, 7) is 11.4. The lowest BCUT2D eigenvalue weighted by Crippen LogP contribution is -2.55. The smallest absolute Gasteiger partial charge is 0.323 e. The van der Waals surface area contributed by atoms with Crippen LogP contribution in [-0.2, 0) is 11.3 Å². The van der Waals surface area contributed by atoms with Crippen LogP contribution in [0.1, 0.15) is 45.0 Å². The van der Waals surface area contributed by atoms with Crippen molar-refractivity contribution in [1.29, 1.82) is 0 Å². The number of rotatable bonds is 4. The summed E-state index contributed by atoms with van der Waals surface area (Å²) in [7, 11) is 0. The van der Waals surface area contributed by atoms with Crippen LogP contribution in [0.25, 0.3) is 10.2 Å². The number of aromatic nitrogens is 1. The van der Waals surface area contributed by atoms with Gasteiger partial charge in [0.05, 0.1) is 23.4 Å². The van der Waals surface area contributed by atoms with Gasteiger partial charge in [0.2, 0.25) is 0 Å². The molecule has 172 valence electrons. The van der Waals surface area contributed by atoms with Gasteiger partial charge in [0.25, 0.3) is 5.91 Å². The normalized spacial score (nSPS) is 29.2. The number of hydrogen-bond donors (Lipinski definition) is 1. The lowest BCUT2D eigenvalue weighted by atomic mass is 9.64. The first-order valence-electron chi connectivity index (χ1n) is 11.7. The minimum Gasteiger partial charge on any atom is -0.323 e. The van der Waals surface area contributed by atoms with Gasteiger partial charge in [-0.15, -0.1) is 11.3 Å². The molecule has 2 aromatic rings. The minimum absolute atomic E-state index is 0.0287. The minimum atomic E-state index is -0.715. The monoisotopic (exact) mass is 455 g/mol. The van der Waals surface area contributed by atoms with Gasteiger partial charge in [0.1, 0.15) is 10.5 Å². The fraction of sp³-hybridized carbons (Fsp3) is 0.625. The number of thiazole rings is 1. The van der Waals surface area contributed by atoms with E-state index in [0.717, 1.165) is 62.5 Å². The first-order valence-corrected chi connectivity index (χ1v) is 12.5. The van der Waals surface area contributed by atoms with Crippen molar-refractivity contribution in [3.8, 4) is 0 Å². The molecule has 32 heavy (non-hydrogen) atoms. The van der Waals surface area contributed by atoms with Crippen LogP contribution in [-0.4, -0.2) is 70.0 Å². The second kappa shape index (κ2) is 8.08. The average Bonchev–Trinajstić information content (AvgIpc) is 3.21. The molecule has 0 radical (unpaired) electrons. The van der Waals surface area contributed by atoms with E-state index in [1.54, 1.807) is 11.3 Å². The topological polar surface area (TPSA) is 68.8 Å². The zero-order valence-corrected chi connectivity index (χ0v) is 20.1. The number of amides is 3. The summed E-state index contributed by atoms with van der Waals surface area (Å²) in [4.78, 5) is 37.0. The third-order valence-electron chi connectivity index (χ3n) is 7.13. The number of hydrogen-bond acceptors (Lipinski definition) is 6. The van der Waals surface area contributed by atoms with Crippen LogP contribution < -0.4 is 5.32 Å². The van der Waals surface area contributed by atoms with E-state index in [0.29, 0.717) is 12.6 Å². The summed E-state index contributed by atoms with van der Waals surface area (Å²) >= 11 is 1.76. The van der Waals surface area contributed by atoms with E-state index < -0.39 is 5.54 Å². The van der Waals surface area contributed by atoms with Crippen molar-refractivity contribution in [3.63, 3.8) is 0 Å². The Balaban J connectivity index is 1.18. The molecule has 2 saturated heterocycles. The van der Waals surface area contributed by atoms with E-state index in [2.05, 4.69) is 54.1 Å². The van der Waals surface area contributed by atoms with Crippen molar-refractivity contribution < 1.29 is 9.59 Å². The summed E-state index contributed by atoms with van der Waals surface area (Å²) in [6, 6.07) is 8.04. The van der Waals surface area contributed by atoms with Gasteiger partial charge >= 0.3 is 6.03 Å². The number of benzene rings is 1. The SMILES string of the molecule is C[C@H]1CC(C)(C)C[C@@]2(C1)NC(=O)N(CN1CCN(Cc3nc4ccccc4s3)CC1)C2=O. The molecule has 1 aromatic carbocycles. The number of carbonyl (C=O) groups is 2. The number of carbonyl (C=O) groups excluding carboxylic acids is 2. The van der Waals surface area contributed by atoms with Gasteiger partial charge in [-0.2, -0.15) is 0 Å². The van der Waals surface area contributed by atoms with Crippen molar-refractivity contribution >= 4 is 33.5 Å². The lowest BCUT2D eigenvalue weighted by molar-refractivity contribution is -0.136. The van der Waals surface area contributed by atoms with Crippen molar-refractivity contribution in [2.75, 3.05) is 32.8 Å². The molecule has 0 bridgehead atoms. The highest BCUT2D eigenvalue weighted by Crippen LogP contribution is 2.46. The summed E-state index contributed by atoms with van der Waals surface area (Å²) in [5.74, 6) is 0.396. The summed E-state index contributed by atoms with van der Waals surface area (Å²) in [5.41, 5.74) is 0.411. The third-order valence-corrected chi connectivity index (χ3v) is 8.15. The number of fused-ring (bicyclic) bond motifs is 1. The van der Waals surface area contributed by atoms with Crippen molar-refractivity contribution in [3.05, 3.63) is 29.3 Å². The first-order chi connectivity index (χ1) is 15.2. The predicted molar refractivity (Wildman–Crippen MR) is 126 cm³/mol. The van der Waals surface area contributed by atoms with Crippen LogP contribution in [0.2, 0.25) is 0 Å². The van der Waals surface area contributed by atoms with Gasteiger partial charge in [0, 0.05) is 26.2 Å². The Morgan fingerprint density at radius 2 is 1.81 bits per heavy atom. The number of urea groups is 1. The molecule has 8 heteroatoms. The quantitative estimate of drug-likeness (QED) is 0.715. The average molecular weight is 456 g/mol. The molecular weight excluding hydrogens is 422 g/mol. The Morgan fingerprint density at radius 3 is 2.53 bits per heavy atom. The van der Waals surface area contributed by atoms with Crippen LogP contribution in [0.4, 0.5) is 4.79 Å². The van der Waals surface area contributed by atoms with Gasteiger partial charge in [-0.05, 0) is 42.7 Å². The van der Waals surface area contributed by atoms with Crippen molar-refractivity contribution in [2.45, 2.75) is 52.1 Å². The molecule has 1 aliphatic carbocycles. The van der Waals surface area contributed by atoms with Gasteiger partial charge in [-0.25, -0.2) is 14.7 Å². The zero-order chi connectivity index (χ0) is 22.5. The Morgan fingerprint density at radius 1 is 1.09 bits per heavy atom. The van der Waals surface area contributed by atoms with Crippen molar-refractivity contribution in [2.24, 2.45) is 11.3 Å². The molecule has 3 fully saturated rings. The van der Waals surface area contributed by atoms with E-state index in [4.69, 9.17) is 4.98 Å². The molecular formula is C24H33N5O2S. The molecule has 3 heterocycles. The fourth-order valence-corrected chi connectivity index (χ4v) is 7.11. The van der Waals surface area contributed by atoms with Gasteiger partial charge in [-0.1, -0.05) is 32.9 Å². The van der Waals surface area contributed by atoms with Crippen LogP contribution in [0.15, 0.2) is 24.3 Å². The molecule has 3 amide bonds. The van der Waals surface area contributed by atoms with E-state index in [1.165, 1.54) is 9.60 Å². The lowest BCUT2D eigenvalue weighted by Gasteiger charge is -2.44.